The lowest BCUT2D eigenvalue weighted by atomic mass is 9.96. The van der Waals surface area contributed by atoms with E-state index in [4.69, 9.17) is 5.11 Å². The van der Waals surface area contributed by atoms with Crippen LogP contribution in [0.2, 0.25) is 0 Å². The van der Waals surface area contributed by atoms with Crippen molar-refractivity contribution in [2.24, 2.45) is 5.92 Å². The van der Waals surface area contributed by atoms with Crippen LogP contribution in [-0.4, -0.2) is 46.3 Å². The van der Waals surface area contributed by atoms with Crippen molar-refractivity contribution in [1.82, 2.24) is 4.90 Å². The summed E-state index contributed by atoms with van der Waals surface area (Å²) in [5.41, 5.74) is 0. The molecule has 3 atom stereocenters. The van der Waals surface area contributed by atoms with Gasteiger partial charge in [0.2, 0.25) is 0 Å². The average molecular weight is 187 g/mol. The second-order valence-electron chi connectivity index (χ2n) is 3.84. The number of likely N-dealkylation sites (tertiary alicyclic amines) is 1. The SMILES string of the molecule is CC1CN(C(C)C(=O)O)CCC1O. The highest BCUT2D eigenvalue weighted by Gasteiger charge is 2.29. The van der Waals surface area contributed by atoms with Crippen LogP contribution in [0.25, 0.3) is 0 Å². The van der Waals surface area contributed by atoms with Gasteiger partial charge < -0.3 is 10.2 Å². The Morgan fingerprint density at radius 3 is 2.69 bits per heavy atom. The highest BCUT2D eigenvalue weighted by molar-refractivity contribution is 5.72. The van der Waals surface area contributed by atoms with E-state index in [0.29, 0.717) is 19.5 Å². The first-order valence-electron chi connectivity index (χ1n) is 4.67. The summed E-state index contributed by atoms with van der Waals surface area (Å²) in [4.78, 5) is 12.6. The van der Waals surface area contributed by atoms with Crippen molar-refractivity contribution in [2.45, 2.75) is 32.4 Å². The van der Waals surface area contributed by atoms with Gasteiger partial charge >= 0.3 is 5.97 Å². The van der Waals surface area contributed by atoms with Crippen LogP contribution >= 0.6 is 0 Å². The number of nitrogens with zero attached hydrogens (tertiary/aromatic N) is 1. The number of aliphatic carboxylic acids is 1. The van der Waals surface area contributed by atoms with E-state index in [-0.39, 0.29) is 12.0 Å². The molecule has 4 heteroatoms. The highest BCUT2D eigenvalue weighted by atomic mass is 16.4. The van der Waals surface area contributed by atoms with E-state index < -0.39 is 12.0 Å². The first kappa shape index (κ1) is 10.5. The van der Waals surface area contributed by atoms with Crippen LogP contribution in [-0.2, 0) is 4.79 Å². The summed E-state index contributed by atoms with van der Waals surface area (Å²) in [6, 6.07) is -0.435. The Morgan fingerprint density at radius 1 is 1.62 bits per heavy atom. The maximum Gasteiger partial charge on any atom is 0.320 e. The average Bonchev–Trinajstić information content (AvgIpc) is 2.08. The third kappa shape index (κ3) is 2.42. The van der Waals surface area contributed by atoms with E-state index in [9.17, 15) is 9.90 Å². The minimum Gasteiger partial charge on any atom is -0.480 e. The van der Waals surface area contributed by atoms with Crippen LogP contribution in [0.1, 0.15) is 20.3 Å². The number of hydrogen-bond donors (Lipinski definition) is 2. The van der Waals surface area contributed by atoms with E-state index in [1.54, 1.807) is 6.92 Å². The van der Waals surface area contributed by atoms with Crippen molar-refractivity contribution in [3.8, 4) is 0 Å². The number of rotatable bonds is 2. The van der Waals surface area contributed by atoms with Crippen molar-refractivity contribution in [3.05, 3.63) is 0 Å². The summed E-state index contributed by atoms with van der Waals surface area (Å²) < 4.78 is 0. The molecule has 0 aromatic rings. The van der Waals surface area contributed by atoms with Gasteiger partial charge in [-0.05, 0) is 19.3 Å². The molecule has 0 spiro atoms. The molecule has 1 heterocycles. The normalized spacial score (nSPS) is 32.8. The van der Waals surface area contributed by atoms with E-state index in [1.165, 1.54) is 0 Å². The summed E-state index contributed by atoms with van der Waals surface area (Å²) in [5.74, 6) is -0.612. The standard InChI is InChI=1S/C9H17NO3/c1-6-5-10(4-3-8(6)11)7(2)9(12)13/h6-8,11H,3-5H2,1-2H3,(H,12,13). The molecule has 1 aliphatic rings. The lowest BCUT2D eigenvalue weighted by Crippen LogP contribution is -2.48. The Labute approximate surface area is 78.2 Å². The maximum atomic E-state index is 10.7. The Bertz CT molecular complexity index is 195. The van der Waals surface area contributed by atoms with Crippen molar-refractivity contribution >= 4 is 5.97 Å². The number of aliphatic hydroxyl groups excluding tert-OH is 1. The summed E-state index contributed by atoms with van der Waals surface area (Å²) in [6.45, 7) is 4.99. The fraction of sp³-hybridized carbons (Fsp3) is 0.889. The predicted molar refractivity (Wildman–Crippen MR) is 48.5 cm³/mol. The molecular weight excluding hydrogens is 170 g/mol. The number of piperidine rings is 1. The minimum atomic E-state index is -0.788. The van der Waals surface area contributed by atoms with E-state index in [1.807, 2.05) is 11.8 Å². The van der Waals surface area contributed by atoms with Crippen LogP contribution in [0.5, 0.6) is 0 Å². The predicted octanol–water partition coefficient (Wildman–Crippen LogP) is 0.162. The third-order valence-electron chi connectivity index (χ3n) is 2.80. The number of carboxylic acid groups (broad SMARTS) is 1. The molecule has 0 aromatic carbocycles. The fourth-order valence-electron chi connectivity index (χ4n) is 1.67. The Balaban J connectivity index is 2.50. The van der Waals surface area contributed by atoms with E-state index in [0.717, 1.165) is 0 Å². The van der Waals surface area contributed by atoms with Crippen molar-refractivity contribution in [1.29, 1.82) is 0 Å². The number of carbonyl (C=O) groups is 1. The first-order valence-corrected chi connectivity index (χ1v) is 4.67. The Kier molecular flexibility index (Phi) is 3.27. The molecule has 2 N–H and O–H groups in total. The molecule has 0 aromatic heterocycles. The Hall–Kier alpha value is -0.610. The van der Waals surface area contributed by atoms with Gasteiger partial charge in [-0.15, -0.1) is 0 Å². The van der Waals surface area contributed by atoms with Crippen LogP contribution in [0.15, 0.2) is 0 Å². The van der Waals surface area contributed by atoms with Gasteiger partial charge in [0.15, 0.2) is 0 Å². The van der Waals surface area contributed by atoms with Crippen LogP contribution in [0.4, 0.5) is 0 Å². The summed E-state index contributed by atoms with van der Waals surface area (Å²) in [7, 11) is 0. The molecular formula is C9H17NO3. The quantitative estimate of drug-likeness (QED) is 0.646. The van der Waals surface area contributed by atoms with E-state index in [2.05, 4.69) is 0 Å². The van der Waals surface area contributed by atoms with Gasteiger partial charge in [-0.25, -0.2) is 0 Å². The number of carboxylic acids is 1. The van der Waals surface area contributed by atoms with Gasteiger partial charge in [-0.3, -0.25) is 9.69 Å². The molecule has 0 amide bonds. The smallest absolute Gasteiger partial charge is 0.320 e. The van der Waals surface area contributed by atoms with Gasteiger partial charge in [0.05, 0.1) is 6.10 Å². The summed E-state index contributed by atoms with van der Waals surface area (Å²) >= 11 is 0. The fourth-order valence-corrected chi connectivity index (χ4v) is 1.67. The van der Waals surface area contributed by atoms with Gasteiger partial charge in [-0.2, -0.15) is 0 Å². The molecule has 0 radical (unpaired) electrons. The number of hydrogen-bond acceptors (Lipinski definition) is 3. The van der Waals surface area contributed by atoms with Gasteiger partial charge in [-0.1, -0.05) is 6.92 Å². The molecule has 0 saturated carbocycles. The molecule has 0 bridgehead atoms. The molecule has 13 heavy (non-hydrogen) atoms. The van der Waals surface area contributed by atoms with Crippen LogP contribution in [0.3, 0.4) is 0 Å². The minimum absolute atomic E-state index is 0.176. The van der Waals surface area contributed by atoms with E-state index >= 15 is 0 Å². The molecule has 4 nitrogen and oxygen atoms in total. The highest BCUT2D eigenvalue weighted by Crippen LogP contribution is 2.18. The molecule has 1 fully saturated rings. The first-order chi connectivity index (χ1) is 6.02. The van der Waals surface area contributed by atoms with Gasteiger partial charge in [0.1, 0.15) is 6.04 Å². The molecule has 3 unspecified atom stereocenters. The summed E-state index contributed by atoms with van der Waals surface area (Å²) in [6.07, 6.45) is 0.413. The van der Waals surface area contributed by atoms with Crippen LogP contribution in [0, 0.1) is 5.92 Å². The second-order valence-corrected chi connectivity index (χ2v) is 3.84. The van der Waals surface area contributed by atoms with Crippen molar-refractivity contribution < 1.29 is 15.0 Å². The molecule has 0 aliphatic carbocycles. The lowest BCUT2D eigenvalue weighted by Gasteiger charge is -2.36. The largest absolute Gasteiger partial charge is 0.480 e. The van der Waals surface area contributed by atoms with Crippen molar-refractivity contribution in [3.63, 3.8) is 0 Å². The molecule has 1 aliphatic heterocycles. The molecule has 76 valence electrons. The summed E-state index contributed by atoms with van der Waals surface area (Å²) in [5, 5.41) is 18.2. The molecule has 1 saturated heterocycles. The Morgan fingerprint density at radius 2 is 2.23 bits per heavy atom. The topological polar surface area (TPSA) is 60.8 Å². The monoisotopic (exact) mass is 187 g/mol. The zero-order valence-electron chi connectivity index (χ0n) is 8.10. The van der Waals surface area contributed by atoms with Crippen molar-refractivity contribution in [2.75, 3.05) is 13.1 Å². The molecule has 1 rings (SSSR count). The number of aliphatic hydroxyl groups is 1. The van der Waals surface area contributed by atoms with Crippen LogP contribution < -0.4 is 0 Å². The third-order valence-corrected chi connectivity index (χ3v) is 2.80. The zero-order chi connectivity index (χ0) is 10.0. The lowest BCUT2D eigenvalue weighted by molar-refractivity contribution is -0.144. The zero-order valence-corrected chi connectivity index (χ0v) is 8.10. The second kappa shape index (κ2) is 4.07. The van der Waals surface area contributed by atoms with Gasteiger partial charge in [0.25, 0.3) is 0 Å². The maximum absolute atomic E-state index is 10.7. The van der Waals surface area contributed by atoms with Gasteiger partial charge in [0, 0.05) is 13.1 Å².